The van der Waals surface area contributed by atoms with Crippen LogP contribution in [0.2, 0.25) is 0 Å². The zero-order valence-electron chi connectivity index (χ0n) is 17.0. The fraction of sp³-hybridized carbons (Fsp3) is 0.364. The van der Waals surface area contributed by atoms with Crippen molar-refractivity contribution in [3.05, 3.63) is 54.4 Å². The Hall–Kier alpha value is -2.90. The van der Waals surface area contributed by atoms with Crippen LogP contribution in [0.1, 0.15) is 10.4 Å². The number of para-hydroxylation sites is 1. The highest BCUT2D eigenvalue weighted by atomic mass is 16.5. The van der Waals surface area contributed by atoms with E-state index in [2.05, 4.69) is 31.7 Å². The number of piperazine rings is 1. The van der Waals surface area contributed by atoms with Gasteiger partial charge in [-0.05, 0) is 25.2 Å². The molecule has 1 aromatic carbocycles. The number of methoxy groups -OCH3 is 1. The molecule has 1 aliphatic rings. The molecule has 0 spiro atoms. The lowest BCUT2D eigenvalue weighted by Crippen LogP contribution is -2.44. The Kier molecular flexibility index (Phi) is 5.78. The summed E-state index contributed by atoms with van der Waals surface area (Å²) in [5, 5.41) is 3.92. The van der Waals surface area contributed by atoms with E-state index in [1.54, 1.807) is 13.3 Å². The van der Waals surface area contributed by atoms with E-state index in [9.17, 15) is 4.79 Å². The van der Waals surface area contributed by atoms with Crippen LogP contribution in [0.15, 0.2) is 48.8 Å². The predicted octanol–water partition coefficient (Wildman–Crippen LogP) is 2.69. The minimum absolute atomic E-state index is 0.133. The summed E-state index contributed by atoms with van der Waals surface area (Å²) in [4.78, 5) is 22.1. The van der Waals surface area contributed by atoms with E-state index in [4.69, 9.17) is 4.74 Å². The van der Waals surface area contributed by atoms with E-state index in [1.165, 1.54) is 0 Å². The molecule has 0 radical (unpaired) electrons. The van der Waals surface area contributed by atoms with Crippen LogP contribution in [0.25, 0.3) is 10.9 Å². The molecule has 2 aromatic heterocycles. The Bertz CT molecular complexity index is 975. The van der Waals surface area contributed by atoms with Crippen molar-refractivity contribution in [1.82, 2.24) is 14.5 Å². The maximum Gasteiger partial charge on any atom is 0.257 e. The van der Waals surface area contributed by atoms with Crippen LogP contribution in [-0.2, 0) is 11.3 Å². The fourth-order valence-electron chi connectivity index (χ4n) is 3.68. The van der Waals surface area contributed by atoms with Gasteiger partial charge >= 0.3 is 0 Å². The molecule has 0 bridgehead atoms. The normalized spacial score (nSPS) is 15.0. The average molecular weight is 393 g/mol. The molecule has 29 heavy (non-hydrogen) atoms. The van der Waals surface area contributed by atoms with Crippen molar-refractivity contribution in [2.24, 2.45) is 0 Å². The molecule has 152 valence electrons. The first kappa shape index (κ1) is 19.4. The number of rotatable bonds is 6. The average Bonchev–Trinajstić information content (AvgIpc) is 3.12. The quantitative estimate of drug-likeness (QED) is 0.698. The summed E-state index contributed by atoms with van der Waals surface area (Å²) in [6.45, 7) is 5.30. The maximum absolute atomic E-state index is 12.9. The lowest BCUT2D eigenvalue weighted by molar-refractivity contribution is 0.102. The monoisotopic (exact) mass is 393 g/mol. The van der Waals surface area contributed by atoms with E-state index >= 15 is 0 Å². The smallest absolute Gasteiger partial charge is 0.257 e. The molecule has 0 saturated carbocycles. The molecule has 0 aliphatic carbocycles. The minimum atomic E-state index is -0.133. The van der Waals surface area contributed by atoms with E-state index in [0.717, 1.165) is 42.9 Å². The molecule has 7 heteroatoms. The molecule has 0 unspecified atom stereocenters. The minimum Gasteiger partial charge on any atom is -0.383 e. The molecule has 3 heterocycles. The van der Waals surface area contributed by atoms with Crippen molar-refractivity contribution in [2.45, 2.75) is 6.54 Å². The fourth-order valence-corrected chi connectivity index (χ4v) is 3.68. The first-order valence-corrected chi connectivity index (χ1v) is 9.93. The second kappa shape index (κ2) is 8.63. The second-order valence-electron chi connectivity index (χ2n) is 7.40. The number of hydrogen-bond donors (Lipinski definition) is 1. The third-order valence-electron chi connectivity index (χ3n) is 5.40. The van der Waals surface area contributed by atoms with Crippen LogP contribution in [0, 0.1) is 0 Å². The Morgan fingerprint density at radius 3 is 2.66 bits per heavy atom. The van der Waals surface area contributed by atoms with Crippen molar-refractivity contribution >= 4 is 28.3 Å². The highest BCUT2D eigenvalue weighted by Gasteiger charge is 2.17. The number of anilines is 2. The van der Waals surface area contributed by atoms with Gasteiger partial charge in [0.05, 0.1) is 24.1 Å². The second-order valence-corrected chi connectivity index (χ2v) is 7.40. The van der Waals surface area contributed by atoms with Gasteiger partial charge in [0.1, 0.15) is 5.82 Å². The van der Waals surface area contributed by atoms with Gasteiger partial charge in [-0.1, -0.05) is 18.2 Å². The zero-order chi connectivity index (χ0) is 20.2. The number of carbonyl (C=O) groups is 1. The van der Waals surface area contributed by atoms with Crippen LogP contribution in [0.5, 0.6) is 0 Å². The molecule has 3 aromatic rings. The number of hydrogen-bond acceptors (Lipinski definition) is 5. The lowest BCUT2D eigenvalue weighted by atomic mass is 10.1. The number of nitrogens with zero attached hydrogens (tertiary/aromatic N) is 4. The molecule has 1 N–H and O–H groups in total. The zero-order valence-corrected chi connectivity index (χ0v) is 17.0. The molecule has 0 atom stereocenters. The van der Waals surface area contributed by atoms with Gasteiger partial charge in [-0.3, -0.25) is 4.79 Å². The van der Waals surface area contributed by atoms with Crippen LogP contribution >= 0.6 is 0 Å². The number of ether oxygens (including phenoxy) is 1. The number of nitrogens with one attached hydrogen (secondary N) is 1. The summed E-state index contributed by atoms with van der Waals surface area (Å²) < 4.78 is 7.25. The van der Waals surface area contributed by atoms with Gasteiger partial charge in [0.25, 0.3) is 5.91 Å². The Morgan fingerprint density at radius 2 is 1.93 bits per heavy atom. The molecule has 1 fully saturated rings. The van der Waals surface area contributed by atoms with Crippen LogP contribution in [0.4, 0.5) is 11.5 Å². The van der Waals surface area contributed by atoms with E-state index in [0.29, 0.717) is 24.4 Å². The number of fused-ring (bicyclic) bond motifs is 1. The third kappa shape index (κ3) is 4.26. The highest BCUT2D eigenvalue weighted by molar-refractivity contribution is 6.12. The van der Waals surface area contributed by atoms with Crippen molar-refractivity contribution in [1.29, 1.82) is 0 Å². The van der Waals surface area contributed by atoms with Gasteiger partial charge in [-0.15, -0.1) is 0 Å². The third-order valence-corrected chi connectivity index (χ3v) is 5.40. The summed E-state index contributed by atoms with van der Waals surface area (Å²) >= 11 is 0. The van der Waals surface area contributed by atoms with Crippen LogP contribution in [-0.4, -0.2) is 67.3 Å². The van der Waals surface area contributed by atoms with Gasteiger partial charge in [0.15, 0.2) is 0 Å². The molecule has 4 rings (SSSR count). The SMILES string of the molecule is COCCn1cc(C(=O)Nc2ccc(N3CCN(C)CC3)nc2)c2ccccc21. The molecule has 1 saturated heterocycles. The number of pyridine rings is 1. The van der Waals surface area contributed by atoms with E-state index in [1.807, 2.05) is 42.6 Å². The molecular weight excluding hydrogens is 366 g/mol. The van der Waals surface area contributed by atoms with Gasteiger partial charge in [-0.25, -0.2) is 4.98 Å². The number of amides is 1. The Balaban J connectivity index is 1.49. The number of benzene rings is 1. The van der Waals surface area contributed by atoms with Gasteiger partial charge in [0, 0.05) is 56.9 Å². The molecule has 1 amide bonds. The van der Waals surface area contributed by atoms with Gasteiger partial charge < -0.3 is 24.4 Å². The summed E-state index contributed by atoms with van der Waals surface area (Å²) in [5.41, 5.74) is 2.37. The lowest BCUT2D eigenvalue weighted by Gasteiger charge is -2.33. The summed E-state index contributed by atoms with van der Waals surface area (Å²) in [6.07, 6.45) is 3.63. The van der Waals surface area contributed by atoms with Crippen LogP contribution in [0.3, 0.4) is 0 Å². The molecular formula is C22H27N5O2. The first-order valence-electron chi connectivity index (χ1n) is 9.93. The van der Waals surface area contributed by atoms with Crippen LogP contribution < -0.4 is 10.2 Å². The number of likely N-dealkylation sites (N-methyl/N-ethyl adjacent to an activating group) is 1. The van der Waals surface area contributed by atoms with E-state index < -0.39 is 0 Å². The summed E-state index contributed by atoms with van der Waals surface area (Å²) in [7, 11) is 3.81. The summed E-state index contributed by atoms with van der Waals surface area (Å²) in [5.74, 6) is 0.818. The first-order chi connectivity index (χ1) is 14.2. The van der Waals surface area contributed by atoms with Crippen molar-refractivity contribution < 1.29 is 9.53 Å². The van der Waals surface area contributed by atoms with Crippen molar-refractivity contribution in [3.8, 4) is 0 Å². The largest absolute Gasteiger partial charge is 0.383 e. The highest BCUT2D eigenvalue weighted by Crippen LogP contribution is 2.23. The van der Waals surface area contributed by atoms with Gasteiger partial charge in [-0.2, -0.15) is 0 Å². The Morgan fingerprint density at radius 1 is 1.14 bits per heavy atom. The summed E-state index contributed by atoms with van der Waals surface area (Å²) in [6, 6.07) is 11.8. The standard InChI is InChI=1S/C22H27N5O2/c1-25-9-11-26(12-10-25)21-8-7-17(15-23-21)24-22(28)19-16-27(13-14-29-2)20-6-4-3-5-18(19)20/h3-8,15-16H,9-14H2,1-2H3,(H,24,28). The number of aromatic nitrogens is 2. The van der Waals surface area contributed by atoms with Gasteiger partial charge in [0.2, 0.25) is 0 Å². The van der Waals surface area contributed by atoms with Crippen molar-refractivity contribution in [3.63, 3.8) is 0 Å². The molecule has 1 aliphatic heterocycles. The van der Waals surface area contributed by atoms with E-state index in [-0.39, 0.29) is 5.91 Å². The maximum atomic E-state index is 12.9. The molecule has 7 nitrogen and oxygen atoms in total. The topological polar surface area (TPSA) is 62.6 Å². The predicted molar refractivity (Wildman–Crippen MR) is 116 cm³/mol. The van der Waals surface area contributed by atoms with Crippen molar-refractivity contribution in [2.75, 3.05) is 57.2 Å². The number of carbonyl (C=O) groups excluding carboxylic acids is 1. The Labute approximate surface area is 170 Å².